The Labute approximate surface area is 123 Å². The van der Waals surface area contributed by atoms with Crippen molar-refractivity contribution in [2.75, 3.05) is 13.1 Å². The molecule has 1 aliphatic carbocycles. The lowest BCUT2D eigenvalue weighted by atomic mass is 9.96. The van der Waals surface area contributed by atoms with Crippen LogP contribution in [0.4, 0.5) is 0 Å². The third-order valence-electron chi connectivity index (χ3n) is 4.70. The Hall–Kier alpha value is -2.17. The molecule has 1 aromatic heterocycles. The van der Waals surface area contributed by atoms with Crippen molar-refractivity contribution in [3.8, 4) is 0 Å². The average Bonchev–Trinajstić information content (AvgIpc) is 3.08. The van der Waals surface area contributed by atoms with Crippen molar-refractivity contribution in [1.29, 1.82) is 0 Å². The first-order valence-corrected chi connectivity index (χ1v) is 7.51. The molecule has 1 unspecified atom stereocenters. The zero-order chi connectivity index (χ0) is 14.2. The van der Waals surface area contributed by atoms with Gasteiger partial charge < -0.3 is 4.90 Å². The Balaban J connectivity index is 1.36. The van der Waals surface area contributed by atoms with E-state index >= 15 is 0 Å². The lowest BCUT2D eigenvalue weighted by Gasteiger charge is -2.39. The van der Waals surface area contributed by atoms with E-state index in [4.69, 9.17) is 0 Å². The predicted molar refractivity (Wildman–Crippen MR) is 77.8 cm³/mol. The van der Waals surface area contributed by atoms with E-state index in [1.54, 1.807) is 12.7 Å². The molecule has 21 heavy (non-hydrogen) atoms. The standard InChI is InChI=1S/C16H18N4O/c21-16(19-8-14(9-19)20-11-17-10-18-20)7-13-6-5-12-3-1-2-4-15(12)13/h1-4,10-11,13-14H,5-9H2. The lowest BCUT2D eigenvalue weighted by Crippen LogP contribution is -2.51. The predicted octanol–water partition coefficient (Wildman–Crippen LogP) is 1.78. The largest absolute Gasteiger partial charge is 0.338 e. The second kappa shape index (κ2) is 4.98. The van der Waals surface area contributed by atoms with Gasteiger partial charge in [0.05, 0.1) is 6.04 Å². The number of amides is 1. The normalized spacial score (nSPS) is 21.1. The van der Waals surface area contributed by atoms with Crippen LogP contribution in [0.2, 0.25) is 0 Å². The topological polar surface area (TPSA) is 51.0 Å². The lowest BCUT2D eigenvalue weighted by molar-refractivity contribution is -0.137. The summed E-state index contributed by atoms with van der Waals surface area (Å²) >= 11 is 0. The molecule has 0 bridgehead atoms. The number of hydrogen-bond donors (Lipinski definition) is 0. The minimum atomic E-state index is 0.271. The molecule has 1 saturated heterocycles. The molecule has 0 spiro atoms. The zero-order valence-corrected chi connectivity index (χ0v) is 11.9. The number of carbonyl (C=O) groups excluding carboxylic acids is 1. The third-order valence-corrected chi connectivity index (χ3v) is 4.70. The highest BCUT2D eigenvalue weighted by molar-refractivity contribution is 5.78. The van der Waals surface area contributed by atoms with Crippen LogP contribution in [-0.2, 0) is 11.2 Å². The van der Waals surface area contributed by atoms with E-state index in [-0.39, 0.29) is 5.91 Å². The van der Waals surface area contributed by atoms with E-state index in [0.717, 1.165) is 25.9 Å². The summed E-state index contributed by atoms with van der Waals surface area (Å²) in [5.41, 5.74) is 2.79. The molecule has 0 radical (unpaired) electrons. The van der Waals surface area contributed by atoms with Crippen molar-refractivity contribution >= 4 is 5.91 Å². The van der Waals surface area contributed by atoms with E-state index < -0.39 is 0 Å². The summed E-state index contributed by atoms with van der Waals surface area (Å²) in [5.74, 6) is 0.673. The van der Waals surface area contributed by atoms with E-state index in [0.29, 0.717) is 18.4 Å². The van der Waals surface area contributed by atoms with Crippen molar-refractivity contribution in [3.63, 3.8) is 0 Å². The first kappa shape index (κ1) is 12.6. The van der Waals surface area contributed by atoms with Gasteiger partial charge in [-0.2, -0.15) is 5.10 Å². The second-order valence-electron chi connectivity index (χ2n) is 5.97. The first-order chi connectivity index (χ1) is 10.3. The Morgan fingerprint density at radius 1 is 1.29 bits per heavy atom. The molecule has 1 fully saturated rings. The molecule has 5 heteroatoms. The highest BCUT2D eigenvalue weighted by Crippen LogP contribution is 2.36. The van der Waals surface area contributed by atoms with Crippen LogP contribution in [0.1, 0.15) is 35.9 Å². The summed E-state index contributed by atoms with van der Waals surface area (Å²) in [6.45, 7) is 1.52. The van der Waals surface area contributed by atoms with Crippen LogP contribution in [0.5, 0.6) is 0 Å². The van der Waals surface area contributed by atoms with Crippen molar-refractivity contribution in [2.45, 2.75) is 31.2 Å². The van der Waals surface area contributed by atoms with Crippen molar-refractivity contribution in [1.82, 2.24) is 19.7 Å². The fourth-order valence-electron chi connectivity index (χ4n) is 3.43. The van der Waals surface area contributed by atoms with Crippen molar-refractivity contribution in [2.24, 2.45) is 0 Å². The third kappa shape index (κ3) is 2.22. The van der Waals surface area contributed by atoms with E-state index in [1.165, 1.54) is 11.1 Å². The summed E-state index contributed by atoms with van der Waals surface area (Å²) in [4.78, 5) is 18.3. The van der Waals surface area contributed by atoms with Gasteiger partial charge in [-0.3, -0.25) is 4.79 Å². The monoisotopic (exact) mass is 282 g/mol. The van der Waals surface area contributed by atoms with Crippen LogP contribution in [0.3, 0.4) is 0 Å². The van der Waals surface area contributed by atoms with Crippen LogP contribution in [0.25, 0.3) is 0 Å². The Morgan fingerprint density at radius 3 is 2.95 bits per heavy atom. The zero-order valence-electron chi connectivity index (χ0n) is 11.9. The number of fused-ring (bicyclic) bond motifs is 1. The van der Waals surface area contributed by atoms with Gasteiger partial charge in [0.2, 0.25) is 5.91 Å². The highest BCUT2D eigenvalue weighted by atomic mass is 16.2. The van der Waals surface area contributed by atoms with Gasteiger partial charge in [-0.1, -0.05) is 24.3 Å². The maximum Gasteiger partial charge on any atom is 0.223 e. The number of nitrogens with zero attached hydrogens (tertiary/aromatic N) is 4. The van der Waals surface area contributed by atoms with E-state index in [2.05, 4.69) is 34.3 Å². The molecule has 2 heterocycles. The van der Waals surface area contributed by atoms with Crippen LogP contribution >= 0.6 is 0 Å². The van der Waals surface area contributed by atoms with Gasteiger partial charge in [-0.25, -0.2) is 9.67 Å². The fraction of sp³-hybridized carbons (Fsp3) is 0.438. The van der Waals surface area contributed by atoms with Crippen LogP contribution in [0, 0.1) is 0 Å². The van der Waals surface area contributed by atoms with Gasteiger partial charge in [-0.05, 0) is 29.9 Å². The molecule has 0 N–H and O–H groups in total. The number of aryl methyl sites for hydroxylation is 1. The number of aromatic nitrogens is 3. The van der Waals surface area contributed by atoms with Crippen LogP contribution in [0.15, 0.2) is 36.9 Å². The number of benzene rings is 1. The molecule has 1 aromatic carbocycles. The summed E-state index contributed by atoms with van der Waals surface area (Å²) in [6, 6.07) is 8.82. The summed E-state index contributed by atoms with van der Waals surface area (Å²) in [7, 11) is 0. The summed E-state index contributed by atoms with van der Waals surface area (Å²) in [5, 5.41) is 4.13. The van der Waals surface area contributed by atoms with Gasteiger partial charge in [-0.15, -0.1) is 0 Å². The Bertz CT molecular complexity index is 646. The second-order valence-corrected chi connectivity index (χ2v) is 5.97. The molecule has 0 saturated carbocycles. The molecule has 1 amide bonds. The van der Waals surface area contributed by atoms with Gasteiger partial charge in [0.25, 0.3) is 0 Å². The average molecular weight is 282 g/mol. The van der Waals surface area contributed by atoms with E-state index in [9.17, 15) is 4.79 Å². The summed E-state index contributed by atoms with van der Waals surface area (Å²) in [6.07, 6.45) is 6.11. The number of rotatable bonds is 3. The highest BCUT2D eigenvalue weighted by Gasteiger charge is 2.34. The van der Waals surface area contributed by atoms with Crippen molar-refractivity contribution < 1.29 is 4.79 Å². The molecule has 1 atom stereocenters. The maximum absolute atomic E-state index is 12.4. The van der Waals surface area contributed by atoms with Gasteiger partial charge in [0.15, 0.2) is 0 Å². The quantitative estimate of drug-likeness (QED) is 0.862. The van der Waals surface area contributed by atoms with Gasteiger partial charge in [0.1, 0.15) is 12.7 Å². The smallest absolute Gasteiger partial charge is 0.223 e. The fourth-order valence-corrected chi connectivity index (χ4v) is 3.43. The SMILES string of the molecule is O=C(CC1CCc2ccccc21)N1CC(n2cncn2)C1. The molecule has 2 aromatic rings. The molecular weight excluding hydrogens is 264 g/mol. The maximum atomic E-state index is 12.4. The Kier molecular flexibility index (Phi) is 2.98. The molecule has 108 valence electrons. The van der Waals surface area contributed by atoms with Gasteiger partial charge in [0, 0.05) is 19.5 Å². The number of hydrogen-bond acceptors (Lipinski definition) is 3. The van der Waals surface area contributed by atoms with Crippen LogP contribution < -0.4 is 0 Å². The van der Waals surface area contributed by atoms with Crippen molar-refractivity contribution in [3.05, 3.63) is 48.0 Å². The molecule has 2 aliphatic rings. The Morgan fingerprint density at radius 2 is 2.14 bits per heavy atom. The summed E-state index contributed by atoms with van der Waals surface area (Å²) < 4.78 is 1.84. The molecule has 4 rings (SSSR count). The minimum Gasteiger partial charge on any atom is -0.338 e. The van der Waals surface area contributed by atoms with Gasteiger partial charge >= 0.3 is 0 Å². The molecular formula is C16H18N4O. The number of likely N-dealkylation sites (tertiary alicyclic amines) is 1. The molecule has 1 aliphatic heterocycles. The molecule has 5 nitrogen and oxygen atoms in total. The van der Waals surface area contributed by atoms with E-state index in [1.807, 2.05) is 9.58 Å². The number of carbonyl (C=O) groups is 1. The first-order valence-electron chi connectivity index (χ1n) is 7.51. The minimum absolute atomic E-state index is 0.271. The van der Waals surface area contributed by atoms with Crippen LogP contribution in [-0.4, -0.2) is 38.7 Å².